The number of rotatable bonds is 4. The van der Waals surface area contributed by atoms with Gasteiger partial charge in [0.2, 0.25) is 5.13 Å². The Morgan fingerprint density at radius 2 is 2.14 bits per heavy atom. The van der Waals surface area contributed by atoms with Gasteiger partial charge in [-0.25, -0.2) is 4.98 Å². The zero-order valence-corrected chi connectivity index (χ0v) is 12.6. The highest BCUT2D eigenvalue weighted by atomic mass is 32.1. The fourth-order valence-corrected chi connectivity index (χ4v) is 3.42. The maximum Gasteiger partial charge on any atom is 0.324 e. The van der Waals surface area contributed by atoms with E-state index in [-0.39, 0.29) is 5.00 Å². The van der Waals surface area contributed by atoms with Gasteiger partial charge in [-0.3, -0.25) is 10.1 Å². The highest BCUT2D eigenvalue weighted by Crippen LogP contribution is 2.29. The molecule has 0 atom stereocenters. The van der Waals surface area contributed by atoms with Crippen LogP contribution in [0.1, 0.15) is 10.4 Å². The van der Waals surface area contributed by atoms with E-state index in [0.717, 1.165) is 26.4 Å². The topological polar surface area (TPSA) is 80.8 Å². The Bertz CT molecular complexity index is 838. The normalized spacial score (nSPS) is 11.5. The first kappa shape index (κ1) is 13.8. The van der Waals surface area contributed by atoms with Crippen molar-refractivity contribution in [1.29, 1.82) is 0 Å². The lowest BCUT2D eigenvalue weighted by Crippen LogP contribution is -1.80. The van der Waals surface area contributed by atoms with Gasteiger partial charge in [0.25, 0.3) is 0 Å². The third kappa shape index (κ3) is 3.11. The summed E-state index contributed by atoms with van der Waals surface area (Å²) in [6.07, 6.45) is 0. The minimum atomic E-state index is -0.402. The molecular weight excluding hydrogens is 308 g/mol. The van der Waals surface area contributed by atoms with Crippen LogP contribution >= 0.6 is 22.7 Å². The third-order valence-corrected chi connectivity index (χ3v) is 4.67. The molecule has 21 heavy (non-hydrogen) atoms. The lowest BCUT2D eigenvalue weighted by molar-refractivity contribution is -0.380. The zero-order chi connectivity index (χ0) is 14.8. The fraction of sp³-hybridized carbons (Fsp3) is 0.154. The number of hydrogen-bond acceptors (Lipinski definition) is 7. The average Bonchev–Trinajstić information content (AvgIpc) is 3.04. The van der Waals surface area contributed by atoms with Crippen LogP contribution in [0.25, 0.3) is 10.2 Å². The molecule has 0 aliphatic carbocycles. The van der Waals surface area contributed by atoms with Crippen molar-refractivity contribution in [2.45, 2.75) is 13.5 Å². The van der Waals surface area contributed by atoms with E-state index >= 15 is 0 Å². The van der Waals surface area contributed by atoms with Crippen LogP contribution in [0.4, 0.5) is 10.1 Å². The average molecular weight is 318 g/mol. The first-order valence-corrected chi connectivity index (χ1v) is 7.73. The number of nitrogens with zero attached hydrogens (tertiary/aromatic N) is 4. The summed E-state index contributed by atoms with van der Waals surface area (Å²) < 4.78 is 1.08. The van der Waals surface area contributed by atoms with E-state index < -0.39 is 4.92 Å². The van der Waals surface area contributed by atoms with Crippen molar-refractivity contribution in [3.63, 3.8) is 0 Å². The molecule has 8 heteroatoms. The van der Waals surface area contributed by atoms with Crippen LogP contribution in [0, 0.1) is 17.0 Å². The van der Waals surface area contributed by atoms with Crippen molar-refractivity contribution in [2.75, 3.05) is 0 Å². The molecular formula is C13H10N4O2S2. The molecule has 2 aromatic heterocycles. The Balaban J connectivity index is 1.73. The van der Waals surface area contributed by atoms with Crippen molar-refractivity contribution in [1.82, 2.24) is 4.98 Å². The molecule has 0 bridgehead atoms. The smallest absolute Gasteiger partial charge is 0.258 e. The minimum absolute atomic E-state index is 0.121. The molecule has 0 spiro atoms. The predicted octanol–water partition coefficient (Wildman–Crippen LogP) is 4.86. The summed E-state index contributed by atoms with van der Waals surface area (Å²) in [6.45, 7) is 2.36. The van der Waals surface area contributed by atoms with Crippen LogP contribution in [0.2, 0.25) is 0 Å². The van der Waals surface area contributed by atoms with Gasteiger partial charge >= 0.3 is 5.00 Å². The summed E-state index contributed by atoms with van der Waals surface area (Å²) >= 11 is 2.59. The molecule has 0 radical (unpaired) electrons. The molecule has 0 N–H and O–H groups in total. The first-order chi connectivity index (χ1) is 10.1. The molecule has 0 amide bonds. The van der Waals surface area contributed by atoms with Crippen molar-refractivity contribution in [3.05, 3.63) is 50.9 Å². The van der Waals surface area contributed by atoms with Gasteiger partial charge in [0.05, 0.1) is 21.7 Å². The monoisotopic (exact) mass is 318 g/mol. The Labute approximate surface area is 128 Å². The van der Waals surface area contributed by atoms with E-state index in [1.54, 1.807) is 6.07 Å². The number of benzene rings is 1. The third-order valence-electron chi connectivity index (χ3n) is 2.74. The number of aryl methyl sites for hydroxylation is 1. The Kier molecular flexibility index (Phi) is 3.72. The van der Waals surface area contributed by atoms with Crippen LogP contribution in [0.5, 0.6) is 0 Å². The van der Waals surface area contributed by atoms with E-state index in [1.165, 1.54) is 23.0 Å². The Morgan fingerprint density at radius 1 is 1.29 bits per heavy atom. The van der Waals surface area contributed by atoms with E-state index in [2.05, 4.69) is 21.3 Å². The van der Waals surface area contributed by atoms with Crippen molar-refractivity contribution in [2.24, 2.45) is 10.2 Å². The van der Waals surface area contributed by atoms with Gasteiger partial charge in [0.15, 0.2) is 0 Å². The number of thiophene rings is 1. The van der Waals surface area contributed by atoms with E-state index in [4.69, 9.17) is 0 Å². The SMILES string of the molecule is Cc1ccc2nc(N=NCc3ccc([N+](=O)[O-])s3)sc2c1. The summed E-state index contributed by atoms with van der Waals surface area (Å²) in [5, 5.41) is 19.5. The molecule has 0 saturated carbocycles. The lowest BCUT2D eigenvalue weighted by atomic mass is 10.2. The second-order valence-corrected chi connectivity index (χ2v) is 6.52. The molecule has 1 aromatic carbocycles. The Hall–Kier alpha value is -2.19. The van der Waals surface area contributed by atoms with Gasteiger partial charge in [-0.1, -0.05) is 28.7 Å². The van der Waals surface area contributed by atoms with Crippen molar-refractivity contribution in [3.8, 4) is 0 Å². The lowest BCUT2D eigenvalue weighted by Gasteiger charge is -1.88. The fourth-order valence-electron chi connectivity index (χ4n) is 1.78. The van der Waals surface area contributed by atoms with Gasteiger partial charge in [-0.15, -0.1) is 5.11 Å². The van der Waals surface area contributed by atoms with E-state index in [9.17, 15) is 10.1 Å². The number of nitro groups is 1. The van der Waals surface area contributed by atoms with E-state index in [0.29, 0.717) is 11.7 Å². The molecule has 0 aliphatic heterocycles. The van der Waals surface area contributed by atoms with Crippen LogP contribution in [0.3, 0.4) is 0 Å². The van der Waals surface area contributed by atoms with Crippen LogP contribution in [-0.2, 0) is 6.54 Å². The summed E-state index contributed by atoms with van der Waals surface area (Å²) in [5.41, 5.74) is 2.09. The molecule has 0 fully saturated rings. The number of fused-ring (bicyclic) bond motifs is 1. The molecule has 3 rings (SSSR count). The second-order valence-electron chi connectivity index (χ2n) is 4.36. The summed E-state index contributed by atoms with van der Waals surface area (Å²) in [4.78, 5) is 15.4. The largest absolute Gasteiger partial charge is 0.324 e. The van der Waals surface area contributed by atoms with Gasteiger partial charge in [-0.05, 0) is 30.7 Å². The molecule has 0 aliphatic rings. The van der Waals surface area contributed by atoms with Crippen molar-refractivity contribution < 1.29 is 4.92 Å². The van der Waals surface area contributed by atoms with Crippen LogP contribution in [0.15, 0.2) is 40.6 Å². The predicted molar refractivity (Wildman–Crippen MR) is 83.6 cm³/mol. The highest BCUT2D eigenvalue weighted by Gasteiger charge is 2.09. The van der Waals surface area contributed by atoms with Gasteiger partial charge < -0.3 is 0 Å². The number of aromatic nitrogens is 1. The molecule has 3 aromatic rings. The molecule has 106 valence electrons. The van der Waals surface area contributed by atoms with Crippen LogP contribution in [-0.4, -0.2) is 9.91 Å². The summed E-state index contributed by atoms with van der Waals surface area (Å²) in [6, 6.07) is 9.21. The van der Waals surface area contributed by atoms with Gasteiger partial charge in [-0.2, -0.15) is 5.11 Å². The number of hydrogen-bond donors (Lipinski definition) is 0. The van der Waals surface area contributed by atoms with E-state index in [1.807, 2.05) is 19.1 Å². The number of thiazole rings is 1. The zero-order valence-electron chi connectivity index (χ0n) is 11.0. The summed E-state index contributed by atoms with van der Waals surface area (Å²) in [7, 11) is 0. The maximum atomic E-state index is 10.6. The van der Waals surface area contributed by atoms with Crippen molar-refractivity contribution >= 4 is 43.0 Å². The molecule has 0 saturated heterocycles. The standard InChI is InChI=1S/C13H10N4O2S2/c1-8-2-4-10-11(6-8)21-13(15-10)16-14-7-9-3-5-12(20-9)17(18)19/h2-6H,7H2,1H3. The first-order valence-electron chi connectivity index (χ1n) is 6.09. The second kappa shape index (κ2) is 5.66. The molecule has 0 unspecified atom stereocenters. The minimum Gasteiger partial charge on any atom is -0.258 e. The van der Waals surface area contributed by atoms with Gasteiger partial charge in [0, 0.05) is 10.9 Å². The van der Waals surface area contributed by atoms with Crippen LogP contribution < -0.4 is 0 Å². The highest BCUT2D eigenvalue weighted by molar-refractivity contribution is 7.21. The maximum absolute atomic E-state index is 10.6. The van der Waals surface area contributed by atoms with Gasteiger partial charge in [0.1, 0.15) is 0 Å². The molecule has 6 nitrogen and oxygen atoms in total. The summed E-state index contributed by atoms with van der Waals surface area (Å²) in [5.74, 6) is 0. The molecule has 2 heterocycles. The quantitative estimate of drug-likeness (QED) is 0.391. The number of azo groups is 1. The Morgan fingerprint density at radius 3 is 2.90 bits per heavy atom.